The van der Waals surface area contributed by atoms with Gasteiger partial charge in [-0.05, 0) is 42.7 Å². The molecule has 0 fully saturated rings. The summed E-state index contributed by atoms with van der Waals surface area (Å²) in [6.07, 6.45) is 6.16. The van der Waals surface area contributed by atoms with E-state index in [1.807, 2.05) is 6.20 Å². The summed E-state index contributed by atoms with van der Waals surface area (Å²) in [6.45, 7) is 2.92. The van der Waals surface area contributed by atoms with Crippen molar-refractivity contribution in [2.45, 2.75) is 13.3 Å². The molecule has 3 aromatic rings. The number of amides is 1. The highest BCUT2D eigenvalue weighted by atomic mass is 16.1. The van der Waals surface area contributed by atoms with Crippen LogP contribution in [0.1, 0.15) is 11.1 Å². The number of fused-ring (bicyclic) bond motifs is 1. The van der Waals surface area contributed by atoms with Crippen molar-refractivity contribution < 1.29 is 4.79 Å². The van der Waals surface area contributed by atoms with Gasteiger partial charge in [0.25, 0.3) is 0 Å². The predicted molar refractivity (Wildman–Crippen MR) is 109 cm³/mol. The smallest absolute Gasteiger partial charge is 0.243 e. The van der Waals surface area contributed by atoms with Crippen molar-refractivity contribution in [2.24, 2.45) is 4.99 Å². The van der Waals surface area contributed by atoms with Crippen LogP contribution in [0.2, 0.25) is 0 Å². The third-order valence-electron chi connectivity index (χ3n) is 4.19. The van der Waals surface area contributed by atoms with Crippen molar-refractivity contribution in [1.29, 1.82) is 0 Å². The largest absolute Gasteiger partial charge is 0.361 e. The quantitative estimate of drug-likeness (QED) is 0.398. The Balaban J connectivity index is 1.45. The molecule has 2 heterocycles. The normalized spacial score (nSPS) is 11.4. The topological polar surface area (TPSA) is 94.2 Å². The van der Waals surface area contributed by atoms with Crippen LogP contribution in [-0.2, 0) is 11.2 Å². The Morgan fingerprint density at radius 3 is 2.93 bits per heavy atom. The van der Waals surface area contributed by atoms with Crippen LogP contribution in [-0.4, -0.2) is 42.0 Å². The Kier molecular flexibility index (Phi) is 6.04. The molecule has 0 saturated heterocycles. The number of anilines is 1. The molecule has 7 heteroatoms. The summed E-state index contributed by atoms with van der Waals surface area (Å²) in [6, 6.07) is 9.98. The molecule has 0 aliphatic carbocycles. The van der Waals surface area contributed by atoms with E-state index < -0.39 is 0 Å². The van der Waals surface area contributed by atoms with Gasteiger partial charge in [0.1, 0.15) is 0 Å². The number of pyridine rings is 1. The first-order chi connectivity index (χ1) is 13.2. The summed E-state index contributed by atoms with van der Waals surface area (Å²) >= 11 is 0. The summed E-state index contributed by atoms with van der Waals surface area (Å²) in [5.41, 5.74) is 4.31. The maximum atomic E-state index is 12.0. The summed E-state index contributed by atoms with van der Waals surface area (Å²) in [5, 5.41) is 10.3. The fourth-order valence-corrected chi connectivity index (χ4v) is 2.85. The highest BCUT2D eigenvalue weighted by Gasteiger charge is 2.06. The van der Waals surface area contributed by atoms with Crippen LogP contribution in [0.25, 0.3) is 10.9 Å². The number of H-pyrrole nitrogens is 1. The molecule has 140 valence electrons. The van der Waals surface area contributed by atoms with Gasteiger partial charge in [-0.3, -0.25) is 14.8 Å². The molecule has 1 amide bonds. The van der Waals surface area contributed by atoms with E-state index in [-0.39, 0.29) is 12.5 Å². The number of nitrogens with zero attached hydrogens (tertiary/aromatic N) is 2. The van der Waals surface area contributed by atoms with Crippen molar-refractivity contribution in [3.8, 4) is 0 Å². The SMILES string of the molecule is CN=C(NCCc1c[nH]c2cc(C)ccc12)NCC(=O)Nc1cccnc1. The molecule has 0 radical (unpaired) electrons. The highest BCUT2D eigenvalue weighted by molar-refractivity contribution is 5.94. The zero-order valence-electron chi connectivity index (χ0n) is 15.5. The first-order valence-electron chi connectivity index (χ1n) is 8.86. The maximum Gasteiger partial charge on any atom is 0.243 e. The van der Waals surface area contributed by atoms with Crippen molar-refractivity contribution in [1.82, 2.24) is 20.6 Å². The van der Waals surface area contributed by atoms with E-state index in [1.54, 1.807) is 31.6 Å². The lowest BCUT2D eigenvalue weighted by Crippen LogP contribution is -2.42. The average molecular weight is 364 g/mol. The Morgan fingerprint density at radius 2 is 2.15 bits per heavy atom. The van der Waals surface area contributed by atoms with E-state index in [4.69, 9.17) is 0 Å². The van der Waals surface area contributed by atoms with E-state index in [2.05, 4.69) is 56.0 Å². The molecule has 27 heavy (non-hydrogen) atoms. The molecule has 3 rings (SSSR count). The van der Waals surface area contributed by atoms with Crippen LogP contribution in [0, 0.1) is 6.92 Å². The van der Waals surface area contributed by atoms with Gasteiger partial charge in [0.15, 0.2) is 5.96 Å². The number of aromatic amines is 1. The second-order valence-corrected chi connectivity index (χ2v) is 6.26. The minimum atomic E-state index is -0.155. The lowest BCUT2D eigenvalue weighted by molar-refractivity contribution is -0.115. The second-order valence-electron chi connectivity index (χ2n) is 6.26. The number of guanidine groups is 1. The van der Waals surface area contributed by atoms with E-state index in [9.17, 15) is 4.79 Å². The zero-order valence-corrected chi connectivity index (χ0v) is 15.5. The number of aromatic nitrogens is 2. The van der Waals surface area contributed by atoms with Crippen molar-refractivity contribution >= 4 is 28.5 Å². The molecule has 0 atom stereocenters. The van der Waals surface area contributed by atoms with Crippen LogP contribution < -0.4 is 16.0 Å². The van der Waals surface area contributed by atoms with E-state index in [0.29, 0.717) is 18.2 Å². The van der Waals surface area contributed by atoms with Crippen molar-refractivity contribution in [3.05, 3.63) is 60.0 Å². The number of rotatable bonds is 6. The van der Waals surface area contributed by atoms with Gasteiger partial charge in [-0.25, -0.2) is 0 Å². The van der Waals surface area contributed by atoms with Crippen LogP contribution in [0.15, 0.2) is 53.9 Å². The van der Waals surface area contributed by atoms with Gasteiger partial charge in [-0.1, -0.05) is 12.1 Å². The summed E-state index contributed by atoms with van der Waals surface area (Å²) < 4.78 is 0. The number of hydrogen-bond donors (Lipinski definition) is 4. The van der Waals surface area contributed by atoms with Gasteiger partial charge < -0.3 is 20.9 Å². The van der Waals surface area contributed by atoms with Gasteiger partial charge >= 0.3 is 0 Å². The maximum absolute atomic E-state index is 12.0. The number of nitrogens with one attached hydrogen (secondary N) is 4. The Bertz CT molecular complexity index is 932. The Labute approximate surface area is 158 Å². The minimum Gasteiger partial charge on any atom is -0.361 e. The molecule has 0 spiro atoms. The van der Waals surface area contributed by atoms with Gasteiger partial charge in [-0.2, -0.15) is 0 Å². The van der Waals surface area contributed by atoms with E-state index >= 15 is 0 Å². The lowest BCUT2D eigenvalue weighted by Gasteiger charge is -2.12. The van der Waals surface area contributed by atoms with Gasteiger partial charge in [-0.15, -0.1) is 0 Å². The molecular formula is C20H24N6O. The molecule has 0 aliphatic heterocycles. The predicted octanol–water partition coefficient (Wildman–Crippen LogP) is 2.22. The van der Waals surface area contributed by atoms with Crippen molar-refractivity contribution in [2.75, 3.05) is 25.5 Å². The van der Waals surface area contributed by atoms with E-state index in [0.717, 1.165) is 11.9 Å². The highest BCUT2D eigenvalue weighted by Crippen LogP contribution is 2.19. The molecule has 0 unspecified atom stereocenters. The third kappa shape index (κ3) is 5.07. The first kappa shape index (κ1) is 18.4. The van der Waals surface area contributed by atoms with Gasteiger partial charge in [0.2, 0.25) is 5.91 Å². The average Bonchev–Trinajstić information content (AvgIpc) is 3.07. The standard InChI is InChI=1S/C20H24N6O/c1-14-5-6-17-15(11-24-18(17)10-14)7-9-23-20(21-2)25-13-19(27)26-16-4-3-8-22-12-16/h3-6,8,10-12,24H,7,9,13H2,1-2H3,(H,26,27)(H2,21,23,25). The first-order valence-corrected chi connectivity index (χ1v) is 8.86. The second kappa shape index (κ2) is 8.84. The van der Waals surface area contributed by atoms with Crippen LogP contribution >= 0.6 is 0 Å². The van der Waals surface area contributed by atoms with Gasteiger partial charge in [0, 0.05) is 36.9 Å². The number of hydrogen-bond acceptors (Lipinski definition) is 3. The number of aryl methyl sites for hydroxylation is 1. The lowest BCUT2D eigenvalue weighted by atomic mass is 10.1. The molecule has 0 saturated carbocycles. The van der Waals surface area contributed by atoms with E-state index in [1.165, 1.54) is 16.5 Å². The fraction of sp³-hybridized carbons (Fsp3) is 0.250. The van der Waals surface area contributed by atoms with Crippen LogP contribution in [0.5, 0.6) is 0 Å². The van der Waals surface area contributed by atoms with Gasteiger partial charge in [0.05, 0.1) is 18.4 Å². The number of aliphatic imine (C=N–C) groups is 1. The fourth-order valence-electron chi connectivity index (χ4n) is 2.85. The summed E-state index contributed by atoms with van der Waals surface area (Å²) in [4.78, 5) is 23.4. The van der Waals surface area contributed by atoms with Crippen LogP contribution in [0.4, 0.5) is 5.69 Å². The molecule has 7 nitrogen and oxygen atoms in total. The molecule has 2 aromatic heterocycles. The molecule has 0 aliphatic rings. The number of carbonyl (C=O) groups excluding carboxylic acids is 1. The summed E-state index contributed by atoms with van der Waals surface area (Å²) in [7, 11) is 1.68. The Morgan fingerprint density at radius 1 is 1.26 bits per heavy atom. The monoisotopic (exact) mass is 364 g/mol. The molecular weight excluding hydrogens is 340 g/mol. The number of carbonyl (C=O) groups is 1. The minimum absolute atomic E-state index is 0.126. The van der Waals surface area contributed by atoms with Crippen LogP contribution in [0.3, 0.4) is 0 Å². The summed E-state index contributed by atoms with van der Waals surface area (Å²) in [5.74, 6) is 0.435. The molecule has 1 aromatic carbocycles. The molecule has 0 bridgehead atoms. The Hall–Kier alpha value is -3.35. The van der Waals surface area contributed by atoms with Crippen molar-refractivity contribution in [3.63, 3.8) is 0 Å². The molecule has 4 N–H and O–H groups in total. The third-order valence-corrected chi connectivity index (χ3v) is 4.19. The zero-order chi connectivity index (χ0) is 19.1. The number of benzene rings is 1.